The second-order valence-electron chi connectivity index (χ2n) is 7.05. The van der Waals surface area contributed by atoms with Crippen LogP contribution in [0.1, 0.15) is 25.0 Å². The highest BCUT2D eigenvalue weighted by Gasteiger charge is 2.47. The number of rotatable bonds is 4. The van der Waals surface area contributed by atoms with E-state index in [0.29, 0.717) is 6.61 Å². The Morgan fingerprint density at radius 1 is 1.32 bits per heavy atom. The van der Waals surface area contributed by atoms with Crippen molar-refractivity contribution in [1.82, 2.24) is 15.2 Å². The molecule has 132 valence electrons. The van der Waals surface area contributed by atoms with Crippen molar-refractivity contribution < 1.29 is 9.47 Å². The largest absolute Gasteiger partial charge is 0.491 e. The zero-order chi connectivity index (χ0) is 17.1. The Hall–Kier alpha value is -2.21. The predicted octanol–water partition coefficient (Wildman–Crippen LogP) is 2.63. The molecule has 0 aliphatic carbocycles. The van der Waals surface area contributed by atoms with Crippen molar-refractivity contribution in [2.24, 2.45) is 5.41 Å². The molecule has 2 aliphatic rings. The van der Waals surface area contributed by atoms with Crippen molar-refractivity contribution in [3.8, 4) is 5.75 Å². The predicted molar refractivity (Wildman–Crippen MR) is 94.7 cm³/mol. The van der Waals surface area contributed by atoms with Crippen molar-refractivity contribution in [3.63, 3.8) is 0 Å². The number of aromatic nitrogens is 3. The highest BCUT2D eigenvalue weighted by atomic mass is 16.5. The first-order valence-electron chi connectivity index (χ1n) is 8.95. The molecule has 6 nitrogen and oxygen atoms in total. The number of anilines is 1. The summed E-state index contributed by atoms with van der Waals surface area (Å²) in [4.78, 5) is 6.46. The number of piperidine rings is 1. The lowest BCUT2D eigenvalue weighted by Crippen LogP contribution is -2.57. The van der Waals surface area contributed by atoms with Crippen LogP contribution in [0.2, 0.25) is 0 Å². The summed E-state index contributed by atoms with van der Waals surface area (Å²) < 4.78 is 12.2. The first kappa shape index (κ1) is 16.3. The summed E-state index contributed by atoms with van der Waals surface area (Å²) >= 11 is 0. The molecule has 2 atom stereocenters. The second kappa shape index (κ2) is 6.96. The third kappa shape index (κ3) is 3.44. The van der Waals surface area contributed by atoms with E-state index in [1.54, 1.807) is 12.4 Å². The summed E-state index contributed by atoms with van der Waals surface area (Å²) in [6, 6.07) is 7.93. The van der Waals surface area contributed by atoms with Crippen molar-refractivity contribution in [1.29, 1.82) is 0 Å². The van der Waals surface area contributed by atoms with Crippen LogP contribution in [-0.4, -0.2) is 47.6 Å². The maximum atomic E-state index is 6.12. The Balaban J connectivity index is 1.53. The summed E-state index contributed by atoms with van der Waals surface area (Å²) in [5.41, 5.74) is 0.924. The summed E-state index contributed by atoms with van der Waals surface area (Å²) in [7, 11) is 0. The Labute approximate surface area is 148 Å². The molecule has 2 aliphatic heterocycles. The number of ether oxygens (including phenoxy) is 2. The number of fused-ring (bicyclic) bond motifs is 1. The highest BCUT2D eigenvalue weighted by Crippen LogP contribution is 2.41. The van der Waals surface area contributed by atoms with Gasteiger partial charge >= 0.3 is 0 Å². The van der Waals surface area contributed by atoms with Gasteiger partial charge in [0.25, 0.3) is 0 Å². The van der Waals surface area contributed by atoms with Crippen LogP contribution in [0.3, 0.4) is 0 Å². The fourth-order valence-corrected chi connectivity index (χ4v) is 3.92. The molecule has 0 N–H and O–H groups in total. The van der Waals surface area contributed by atoms with Crippen LogP contribution in [0.25, 0.3) is 0 Å². The molecule has 2 aromatic rings. The van der Waals surface area contributed by atoms with E-state index in [2.05, 4.69) is 26.1 Å². The van der Waals surface area contributed by atoms with E-state index in [1.165, 1.54) is 0 Å². The zero-order valence-corrected chi connectivity index (χ0v) is 14.6. The molecule has 2 fully saturated rings. The van der Waals surface area contributed by atoms with Gasteiger partial charge in [-0.2, -0.15) is 5.10 Å². The highest BCUT2D eigenvalue weighted by molar-refractivity contribution is 5.39. The molecular formula is C19H24N4O2. The summed E-state index contributed by atoms with van der Waals surface area (Å²) in [6.07, 6.45) is 6.94. The number of pyridine rings is 1. The van der Waals surface area contributed by atoms with Gasteiger partial charge in [0.15, 0.2) is 5.82 Å². The van der Waals surface area contributed by atoms with Crippen molar-refractivity contribution in [2.75, 3.05) is 31.2 Å². The lowest BCUT2D eigenvalue weighted by molar-refractivity contribution is -0.109. The number of hydrogen-bond donors (Lipinski definition) is 0. The Morgan fingerprint density at radius 2 is 2.28 bits per heavy atom. The van der Waals surface area contributed by atoms with Crippen LogP contribution in [-0.2, 0) is 4.74 Å². The van der Waals surface area contributed by atoms with Gasteiger partial charge < -0.3 is 14.4 Å². The molecule has 25 heavy (non-hydrogen) atoms. The van der Waals surface area contributed by atoms with Crippen LogP contribution in [0.5, 0.6) is 5.75 Å². The van der Waals surface area contributed by atoms with Gasteiger partial charge in [0.2, 0.25) is 0 Å². The molecular weight excluding hydrogens is 316 g/mol. The van der Waals surface area contributed by atoms with Gasteiger partial charge in [-0.05, 0) is 50.5 Å². The minimum atomic E-state index is -0.0150. The average molecular weight is 340 g/mol. The molecule has 0 bridgehead atoms. The molecule has 4 heterocycles. The number of nitrogens with zero attached hydrogens (tertiary/aromatic N) is 4. The molecule has 0 amide bonds. The summed E-state index contributed by atoms with van der Waals surface area (Å²) in [6.45, 7) is 5.27. The van der Waals surface area contributed by atoms with E-state index >= 15 is 0 Å². The molecule has 0 spiro atoms. The molecule has 0 saturated carbocycles. The van der Waals surface area contributed by atoms with Crippen LogP contribution < -0.4 is 9.64 Å². The Kier molecular flexibility index (Phi) is 4.53. The lowest BCUT2D eigenvalue weighted by Gasteiger charge is -2.50. The van der Waals surface area contributed by atoms with Gasteiger partial charge in [-0.15, -0.1) is 5.10 Å². The molecule has 0 radical (unpaired) electrons. The van der Waals surface area contributed by atoms with E-state index in [0.717, 1.165) is 56.2 Å². The SMILES string of the molecule is Cc1ccc(N2CCC3OCCCC3(COc3cccnc3)C2)nn1. The normalized spacial score (nSPS) is 26.1. The Morgan fingerprint density at radius 3 is 3.08 bits per heavy atom. The van der Waals surface area contributed by atoms with E-state index in [9.17, 15) is 0 Å². The van der Waals surface area contributed by atoms with Crippen molar-refractivity contribution in [2.45, 2.75) is 32.3 Å². The standard InChI is InChI=1S/C19H24N4O2/c1-15-5-6-18(22-21-15)23-10-7-17-19(13-23,8-3-11-24-17)14-25-16-4-2-9-20-12-16/h2,4-6,9,12,17H,3,7-8,10-11,13-14H2,1H3. The Bertz CT molecular complexity index is 694. The van der Waals surface area contributed by atoms with E-state index < -0.39 is 0 Å². The van der Waals surface area contributed by atoms with E-state index in [4.69, 9.17) is 9.47 Å². The van der Waals surface area contributed by atoms with Crippen LogP contribution in [0.4, 0.5) is 5.82 Å². The fraction of sp³-hybridized carbons (Fsp3) is 0.526. The van der Waals surface area contributed by atoms with Crippen molar-refractivity contribution in [3.05, 3.63) is 42.4 Å². The zero-order valence-electron chi connectivity index (χ0n) is 14.6. The minimum absolute atomic E-state index is 0.0150. The minimum Gasteiger partial charge on any atom is -0.491 e. The first-order valence-corrected chi connectivity index (χ1v) is 8.95. The van der Waals surface area contributed by atoms with E-state index in [1.807, 2.05) is 25.1 Å². The molecule has 2 saturated heterocycles. The first-order chi connectivity index (χ1) is 12.3. The van der Waals surface area contributed by atoms with Gasteiger partial charge in [-0.1, -0.05) is 0 Å². The maximum absolute atomic E-state index is 6.12. The third-order valence-corrected chi connectivity index (χ3v) is 5.26. The smallest absolute Gasteiger partial charge is 0.151 e. The van der Waals surface area contributed by atoms with E-state index in [-0.39, 0.29) is 11.5 Å². The quantitative estimate of drug-likeness (QED) is 0.853. The average Bonchev–Trinajstić information content (AvgIpc) is 2.67. The van der Waals surface area contributed by atoms with Gasteiger partial charge in [-0.25, -0.2) is 0 Å². The number of aryl methyl sites for hydroxylation is 1. The molecule has 2 aromatic heterocycles. The van der Waals surface area contributed by atoms with Crippen LogP contribution >= 0.6 is 0 Å². The molecule has 6 heteroatoms. The fourth-order valence-electron chi connectivity index (χ4n) is 3.92. The summed E-state index contributed by atoms with van der Waals surface area (Å²) in [5.74, 6) is 1.75. The lowest BCUT2D eigenvalue weighted by atomic mass is 9.73. The molecule has 2 unspecified atom stereocenters. The van der Waals surface area contributed by atoms with Crippen molar-refractivity contribution >= 4 is 5.82 Å². The van der Waals surface area contributed by atoms with Crippen LogP contribution in [0.15, 0.2) is 36.7 Å². The monoisotopic (exact) mass is 340 g/mol. The molecule has 0 aromatic carbocycles. The van der Waals surface area contributed by atoms with Gasteiger partial charge in [0.1, 0.15) is 5.75 Å². The second-order valence-corrected chi connectivity index (χ2v) is 7.05. The third-order valence-electron chi connectivity index (χ3n) is 5.26. The van der Waals surface area contributed by atoms with Gasteiger partial charge in [0, 0.05) is 31.3 Å². The van der Waals surface area contributed by atoms with Crippen LogP contribution in [0, 0.1) is 12.3 Å². The van der Waals surface area contributed by atoms with Gasteiger partial charge in [0.05, 0.1) is 24.6 Å². The topological polar surface area (TPSA) is 60.4 Å². The molecule has 4 rings (SSSR count). The summed E-state index contributed by atoms with van der Waals surface area (Å²) in [5, 5.41) is 8.59. The number of hydrogen-bond acceptors (Lipinski definition) is 6. The maximum Gasteiger partial charge on any atom is 0.151 e. The van der Waals surface area contributed by atoms with Gasteiger partial charge in [-0.3, -0.25) is 4.98 Å².